The van der Waals surface area contributed by atoms with Gasteiger partial charge < -0.3 is 4.74 Å². The van der Waals surface area contributed by atoms with Gasteiger partial charge in [0.1, 0.15) is 12.0 Å². The Balaban J connectivity index is 2.20. The van der Waals surface area contributed by atoms with E-state index in [2.05, 4.69) is 25.6 Å². The third-order valence-corrected chi connectivity index (χ3v) is 3.70. The second-order valence-corrected chi connectivity index (χ2v) is 5.31. The maximum Gasteiger partial charge on any atom is 0.153 e. The maximum atomic E-state index is 5.51. The van der Waals surface area contributed by atoms with Crippen molar-refractivity contribution < 1.29 is 4.74 Å². The highest BCUT2D eigenvalue weighted by Crippen LogP contribution is 2.29. The third-order valence-electron chi connectivity index (χ3n) is 3.70. The second-order valence-electron chi connectivity index (χ2n) is 5.31. The molecule has 0 N–H and O–H groups in total. The van der Waals surface area contributed by atoms with Crippen molar-refractivity contribution in [2.75, 3.05) is 0 Å². The number of ether oxygens (including phenoxy) is 1. The SMILES string of the molecule is CCCCC(CCC)c1cc(C2=CC=C=CO2)n(C)n1. The highest BCUT2D eigenvalue weighted by molar-refractivity contribution is 5.60. The van der Waals surface area contributed by atoms with E-state index in [4.69, 9.17) is 9.84 Å². The van der Waals surface area contributed by atoms with E-state index in [1.165, 1.54) is 37.8 Å². The number of aryl methyl sites for hydroxylation is 1. The Labute approximate surface area is 121 Å². The highest BCUT2D eigenvalue weighted by Gasteiger charge is 2.18. The van der Waals surface area contributed by atoms with Crippen LogP contribution in [0.25, 0.3) is 5.76 Å². The summed E-state index contributed by atoms with van der Waals surface area (Å²) in [5.41, 5.74) is 5.13. The predicted molar refractivity (Wildman–Crippen MR) is 82.1 cm³/mol. The van der Waals surface area contributed by atoms with E-state index in [-0.39, 0.29) is 0 Å². The van der Waals surface area contributed by atoms with Crippen LogP contribution in [-0.2, 0) is 11.8 Å². The zero-order valence-corrected chi connectivity index (χ0v) is 12.7. The van der Waals surface area contributed by atoms with Gasteiger partial charge in [-0.2, -0.15) is 5.10 Å². The van der Waals surface area contributed by atoms with Gasteiger partial charge >= 0.3 is 0 Å². The van der Waals surface area contributed by atoms with Gasteiger partial charge in [0.2, 0.25) is 0 Å². The molecule has 0 saturated carbocycles. The molecule has 1 aromatic heterocycles. The van der Waals surface area contributed by atoms with Gasteiger partial charge in [-0.3, -0.25) is 4.68 Å². The maximum absolute atomic E-state index is 5.51. The summed E-state index contributed by atoms with van der Waals surface area (Å²) >= 11 is 0. The molecule has 108 valence electrons. The zero-order valence-electron chi connectivity index (χ0n) is 12.7. The summed E-state index contributed by atoms with van der Waals surface area (Å²) in [4.78, 5) is 0. The summed E-state index contributed by atoms with van der Waals surface area (Å²) in [5, 5.41) is 4.71. The highest BCUT2D eigenvalue weighted by atomic mass is 16.5. The van der Waals surface area contributed by atoms with Gasteiger partial charge in [0.05, 0.1) is 5.69 Å². The predicted octanol–water partition coefficient (Wildman–Crippen LogP) is 4.53. The molecule has 1 aliphatic rings. The summed E-state index contributed by atoms with van der Waals surface area (Å²) in [7, 11) is 1.98. The normalized spacial score (nSPS) is 15.1. The summed E-state index contributed by atoms with van der Waals surface area (Å²) < 4.78 is 7.43. The monoisotopic (exact) mass is 272 g/mol. The van der Waals surface area contributed by atoms with Crippen molar-refractivity contribution in [2.45, 2.75) is 51.9 Å². The molecule has 0 radical (unpaired) electrons. The first-order chi connectivity index (χ1) is 9.76. The van der Waals surface area contributed by atoms with Crippen molar-refractivity contribution in [1.82, 2.24) is 9.78 Å². The number of rotatable bonds is 7. The molecule has 0 amide bonds. The lowest BCUT2D eigenvalue weighted by Gasteiger charge is -2.12. The molecule has 0 bridgehead atoms. The summed E-state index contributed by atoms with van der Waals surface area (Å²) in [6.07, 6.45) is 11.5. The molecule has 2 heterocycles. The van der Waals surface area contributed by atoms with Gasteiger partial charge in [-0.1, -0.05) is 38.8 Å². The largest absolute Gasteiger partial charge is 0.455 e. The number of nitrogens with zero attached hydrogens (tertiary/aromatic N) is 2. The van der Waals surface area contributed by atoms with E-state index < -0.39 is 0 Å². The van der Waals surface area contributed by atoms with Crippen molar-refractivity contribution in [3.63, 3.8) is 0 Å². The second kappa shape index (κ2) is 7.16. The van der Waals surface area contributed by atoms with E-state index in [0.29, 0.717) is 5.92 Å². The molecule has 3 heteroatoms. The smallest absolute Gasteiger partial charge is 0.153 e. The van der Waals surface area contributed by atoms with Crippen LogP contribution in [0.5, 0.6) is 0 Å². The van der Waals surface area contributed by atoms with Crippen LogP contribution in [0.15, 0.2) is 30.2 Å². The van der Waals surface area contributed by atoms with E-state index >= 15 is 0 Å². The lowest BCUT2D eigenvalue weighted by atomic mass is 9.93. The third kappa shape index (κ3) is 3.43. The Kier molecular flexibility index (Phi) is 5.25. The minimum atomic E-state index is 0.565. The molecular weight excluding hydrogens is 248 g/mol. The fourth-order valence-corrected chi connectivity index (χ4v) is 2.60. The summed E-state index contributed by atoms with van der Waals surface area (Å²) in [6, 6.07) is 2.18. The van der Waals surface area contributed by atoms with Crippen LogP contribution >= 0.6 is 0 Å². The van der Waals surface area contributed by atoms with Crippen LogP contribution in [0.4, 0.5) is 0 Å². The van der Waals surface area contributed by atoms with Crippen LogP contribution < -0.4 is 0 Å². The number of hydrogen-bond acceptors (Lipinski definition) is 2. The molecule has 1 unspecified atom stereocenters. The van der Waals surface area contributed by atoms with Crippen molar-refractivity contribution in [3.8, 4) is 0 Å². The number of allylic oxidation sites excluding steroid dienone is 2. The molecule has 1 aliphatic heterocycles. The average Bonchev–Trinajstić information content (AvgIpc) is 2.86. The lowest BCUT2D eigenvalue weighted by Crippen LogP contribution is -2.02. The molecule has 0 fully saturated rings. The van der Waals surface area contributed by atoms with Crippen molar-refractivity contribution in [1.29, 1.82) is 0 Å². The Morgan fingerprint density at radius 1 is 1.30 bits per heavy atom. The first-order valence-electron chi connectivity index (χ1n) is 7.58. The summed E-state index contributed by atoms with van der Waals surface area (Å²) in [6.45, 7) is 4.48. The standard InChI is InChI=1S/C17H24N2O/c1-4-6-10-14(9-5-2)15-13-16(19(3)18-15)17-11-7-8-12-20-17/h7,11-14H,4-6,9-10H2,1-3H3. The zero-order chi connectivity index (χ0) is 14.4. The molecule has 3 nitrogen and oxygen atoms in total. The fraction of sp³-hybridized carbons (Fsp3) is 0.529. The minimum Gasteiger partial charge on any atom is -0.455 e. The van der Waals surface area contributed by atoms with Crippen molar-refractivity contribution in [2.24, 2.45) is 7.05 Å². The van der Waals surface area contributed by atoms with Crippen molar-refractivity contribution >= 4 is 5.76 Å². The van der Waals surface area contributed by atoms with Gasteiger partial charge in [0.25, 0.3) is 0 Å². The van der Waals surface area contributed by atoms with Crippen LogP contribution in [0.1, 0.15) is 63.3 Å². The van der Waals surface area contributed by atoms with Crippen LogP contribution in [0.3, 0.4) is 0 Å². The minimum absolute atomic E-state index is 0.565. The Morgan fingerprint density at radius 3 is 2.80 bits per heavy atom. The quantitative estimate of drug-likeness (QED) is 0.682. The number of hydrogen-bond donors (Lipinski definition) is 0. The first-order valence-corrected chi connectivity index (χ1v) is 7.58. The summed E-state index contributed by atoms with van der Waals surface area (Å²) in [5.74, 6) is 1.41. The molecule has 0 saturated heterocycles. The van der Waals surface area contributed by atoms with Crippen LogP contribution in [-0.4, -0.2) is 9.78 Å². The molecule has 1 atom stereocenters. The molecule has 0 spiro atoms. The van der Waals surface area contributed by atoms with Gasteiger partial charge in [0.15, 0.2) is 5.76 Å². The Morgan fingerprint density at radius 2 is 2.15 bits per heavy atom. The fourth-order valence-electron chi connectivity index (χ4n) is 2.60. The van der Waals surface area contributed by atoms with Gasteiger partial charge in [0, 0.05) is 13.0 Å². The van der Waals surface area contributed by atoms with Crippen molar-refractivity contribution in [3.05, 3.63) is 41.6 Å². The van der Waals surface area contributed by atoms with Gasteiger partial charge in [-0.05, 0) is 31.1 Å². The van der Waals surface area contributed by atoms with Gasteiger partial charge in [-0.25, -0.2) is 0 Å². The van der Waals surface area contributed by atoms with E-state index in [1.54, 1.807) is 6.26 Å². The molecule has 0 aliphatic carbocycles. The number of unbranched alkanes of at least 4 members (excludes halogenated alkanes) is 1. The number of aromatic nitrogens is 2. The molecule has 2 rings (SSSR count). The molecule has 20 heavy (non-hydrogen) atoms. The molecule has 1 aromatic rings. The first kappa shape index (κ1) is 14.7. The topological polar surface area (TPSA) is 27.1 Å². The molecular formula is C17H24N2O. The van der Waals surface area contributed by atoms with Gasteiger partial charge in [-0.15, -0.1) is 0 Å². The van der Waals surface area contributed by atoms with E-state index in [0.717, 1.165) is 11.5 Å². The van der Waals surface area contributed by atoms with E-state index in [1.807, 2.05) is 23.9 Å². The Hall–Kier alpha value is -1.73. The average molecular weight is 272 g/mol. The van der Waals surface area contributed by atoms with Crippen LogP contribution in [0, 0.1) is 0 Å². The molecule has 0 aromatic carbocycles. The van der Waals surface area contributed by atoms with E-state index in [9.17, 15) is 0 Å². The van der Waals surface area contributed by atoms with Crippen LogP contribution in [0.2, 0.25) is 0 Å². The lowest BCUT2D eigenvalue weighted by molar-refractivity contribution is 0.428. The Bertz CT molecular complexity index is 533.